The Balaban J connectivity index is 1.62. The molecule has 2 amide bonds. The summed E-state index contributed by atoms with van der Waals surface area (Å²) in [6, 6.07) is 0.122. The van der Waals surface area contributed by atoms with Crippen LogP contribution in [0.15, 0.2) is 0 Å². The Morgan fingerprint density at radius 3 is 2.06 bits per heavy atom. The molecule has 206 valence electrons. The van der Waals surface area contributed by atoms with Crippen LogP contribution in [0.1, 0.15) is 91.4 Å². The number of aliphatic hydroxyl groups is 1. The molecule has 36 heavy (non-hydrogen) atoms. The van der Waals surface area contributed by atoms with E-state index in [1.165, 1.54) is 0 Å². The number of esters is 2. The van der Waals surface area contributed by atoms with Crippen LogP contribution in [0, 0.1) is 0 Å². The number of carbonyl (C=O) groups is 4. The van der Waals surface area contributed by atoms with Crippen molar-refractivity contribution < 1.29 is 38.5 Å². The van der Waals surface area contributed by atoms with Gasteiger partial charge in [-0.05, 0) is 52.4 Å². The Hall–Kier alpha value is -2.20. The van der Waals surface area contributed by atoms with E-state index in [-0.39, 0.29) is 56.0 Å². The molecule has 0 aliphatic carbocycles. The molecule has 0 saturated carbocycles. The van der Waals surface area contributed by atoms with Crippen molar-refractivity contribution in [1.29, 1.82) is 0 Å². The van der Waals surface area contributed by atoms with Crippen LogP contribution in [0.25, 0.3) is 0 Å². The molecular formula is C26H44N2O8. The molecule has 10 heteroatoms. The smallest absolute Gasteiger partial charge is 0.306 e. The highest BCUT2D eigenvalue weighted by atomic mass is 16.6. The molecule has 2 heterocycles. The maximum atomic E-state index is 12.2. The molecule has 2 fully saturated rings. The van der Waals surface area contributed by atoms with Gasteiger partial charge in [-0.1, -0.05) is 6.92 Å². The fourth-order valence-electron chi connectivity index (χ4n) is 4.67. The van der Waals surface area contributed by atoms with Gasteiger partial charge in [0.2, 0.25) is 11.8 Å². The van der Waals surface area contributed by atoms with Crippen molar-refractivity contribution in [2.75, 3.05) is 26.3 Å². The van der Waals surface area contributed by atoms with E-state index in [1.807, 2.05) is 25.7 Å². The summed E-state index contributed by atoms with van der Waals surface area (Å²) < 4.78 is 16.3. The van der Waals surface area contributed by atoms with E-state index in [9.17, 15) is 24.3 Å². The number of aliphatic hydroxyl groups excluding tert-OH is 1. The molecule has 0 aromatic carbocycles. The predicted molar refractivity (Wildman–Crippen MR) is 132 cm³/mol. The minimum absolute atomic E-state index is 0.00458. The van der Waals surface area contributed by atoms with E-state index in [0.29, 0.717) is 45.1 Å². The maximum Gasteiger partial charge on any atom is 0.306 e. The third-order valence-corrected chi connectivity index (χ3v) is 6.77. The first kappa shape index (κ1) is 30.0. The number of hydrogen-bond acceptors (Lipinski definition) is 8. The van der Waals surface area contributed by atoms with E-state index in [2.05, 4.69) is 0 Å². The summed E-state index contributed by atoms with van der Waals surface area (Å²) in [5, 5.41) is 9.88. The molecule has 0 aromatic rings. The fraction of sp³-hybridized carbons (Fsp3) is 0.846. The number of ether oxygens (including phenoxy) is 3. The highest BCUT2D eigenvalue weighted by Crippen LogP contribution is 2.21. The molecule has 2 aliphatic heterocycles. The maximum absolute atomic E-state index is 12.2. The Labute approximate surface area is 214 Å². The van der Waals surface area contributed by atoms with Gasteiger partial charge in [-0.15, -0.1) is 0 Å². The number of carbonyl (C=O) groups excluding carboxylic acids is 4. The van der Waals surface area contributed by atoms with E-state index < -0.39 is 18.3 Å². The second kappa shape index (κ2) is 15.8. The van der Waals surface area contributed by atoms with E-state index in [4.69, 9.17) is 14.2 Å². The molecule has 0 radical (unpaired) electrons. The Kier molecular flexibility index (Phi) is 13.2. The Morgan fingerprint density at radius 2 is 1.50 bits per heavy atom. The number of rotatable bonds is 17. The lowest BCUT2D eigenvalue weighted by atomic mass is 10.1. The zero-order valence-corrected chi connectivity index (χ0v) is 22.1. The van der Waals surface area contributed by atoms with Crippen molar-refractivity contribution in [1.82, 2.24) is 9.80 Å². The van der Waals surface area contributed by atoms with Crippen molar-refractivity contribution in [2.45, 2.75) is 116 Å². The molecule has 2 rings (SSSR count). The van der Waals surface area contributed by atoms with E-state index in [0.717, 1.165) is 25.8 Å². The zero-order chi connectivity index (χ0) is 26.5. The van der Waals surface area contributed by atoms with Crippen LogP contribution in [-0.2, 0) is 33.4 Å². The third kappa shape index (κ3) is 10.4. The summed E-state index contributed by atoms with van der Waals surface area (Å²) in [6.07, 6.45) is 4.55. The largest absolute Gasteiger partial charge is 0.462 e. The lowest BCUT2D eigenvalue weighted by Gasteiger charge is -2.31. The topological polar surface area (TPSA) is 123 Å². The van der Waals surface area contributed by atoms with Crippen molar-refractivity contribution >= 4 is 23.8 Å². The van der Waals surface area contributed by atoms with Gasteiger partial charge in [-0.3, -0.25) is 19.2 Å². The first-order valence-electron chi connectivity index (χ1n) is 13.4. The second-order valence-corrected chi connectivity index (χ2v) is 9.80. The van der Waals surface area contributed by atoms with Crippen LogP contribution in [0.3, 0.4) is 0 Å². The van der Waals surface area contributed by atoms with E-state index >= 15 is 0 Å². The normalized spacial score (nSPS) is 19.3. The number of likely N-dealkylation sites (tertiary alicyclic amines) is 2. The monoisotopic (exact) mass is 512 g/mol. The van der Waals surface area contributed by atoms with Gasteiger partial charge in [0.05, 0.1) is 12.2 Å². The van der Waals surface area contributed by atoms with Gasteiger partial charge in [-0.25, -0.2) is 0 Å². The predicted octanol–water partition coefficient (Wildman–Crippen LogP) is 2.55. The fourth-order valence-corrected chi connectivity index (χ4v) is 4.67. The lowest BCUT2D eigenvalue weighted by molar-refractivity contribution is -0.157. The molecule has 0 aromatic heterocycles. The highest BCUT2D eigenvalue weighted by Gasteiger charge is 2.30. The minimum Gasteiger partial charge on any atom is -0.462 e. The van der Waals surface area contributed by atoms with Crippen molar-refractivity contribution in [3.05, 3.63) is 0 Å². The molecule has 2 saturated heterocycles. The summed E-state index contributed by atoms with van der Waals surface area (Å²) in [7, 11) is 0. The summed E-state index contributed by atoms with van der Waals surface area (Å²) in [5.74, 6) is -0.613. The minimum atomic E-state index is -0.539. The van der Waals surface area contributed by atoms with Crippen molar-refractivity contribution in [2.24, 2.45) is 0 Å². The Bertz CT molecular complexity index is 731. The molecular weight excluding hydrogens is 468 g/mol. The van der Waals surface area contributed by atoms with Crippen LogP contribution in [-0.4, -0.2) is 89.4 Å². The lowest BCUT2D eigenvalue weighted by Crippen LogP contribution is -2.41. The van der Waals surface area contributed by atoms with Crippen LogP contribution in [0.2, 0.25) is 0 Å². The van der Waals surface area contributed by atoms with Crippen LogP contribution in [0.5, 0.6) is 0 Å². The third-order valence-electron chi connectivity index (χ3n) is 6.77. The van der Waals surface area contributed by atoms with Crippen LogP contribution < -0.4 is 0 Å². The first-order valence-corrected chi connectivity index (χ1v) is 13.4. The van der Waals surface area contributed by atoms with Gasteiger partial charge >= 0.3 is 11.9 Å². The van der Waals surface area contributed by atoms with E-state index in [1.54, 1.807) is 4.90 Å². The van der Waals surface area contributed by atoms with Gasteiger partial charge in [0.15, 0.2) is 0 Å². The summed E-state index contributed by atoms with van der Waals surface area (Å²) >= 11 is 0. The van der Waals surface area contributed by atoms with Gasteiger partial charge < -0.3 is 29.1 Å². The average molecular weight is 513 g/mol. The standard InChI is InChI=1S/C26H44N2O8/c1-4-21(29)18-20(3)36-24(28-15-7-10-23(28)31)12-13-26(33)35-17-16-34-25(32)11-5-8-19(2)27-14-6-9-22(27)30/h19-21,24,29H,4-18H2,1-3H3. The molecule has 1 N–H and O–H groups in total. The zero-order valence-electron chi connectivity index (χ0n) is 22.1. The SMILES string of the molecule is CCC(O)CC(C)OC(CCC(=O)OCCOC(=O)CCCC(C)N1CCCC1=O)N1CCCC1=O. The summed E-state index contributed by atoms with van der Waals surface area (Å²) in [6.45, 7) is 7.08. The summed E-state index contributed by atoms with van der Waals surface area (Å²) in [5.41, 5.74) is 0. The quantitative estimate of drug-likeness (QED) is 0.233. The molecule has 10 nitrogen and oxygen atoms in total. The first-order chi connectivity index (χ1) is 17.2. The number of amides is 2. The molecule has 2 aliphatic rings. The summed E-state index contributed by atoms with van der Waals surface area (Å²) in [4.78, 5) is 51.6. The molecule has 4 unspecified atom stereocenters. The van der Waals surface area contributed by atoms with Gasteiger partial charge in [0, 0.05) is 51.2 Å². The van der Waals surface area contributed by atoms with Gasteiger partial charge in [-0.2, -0.15) is 0 Å². The molecule has 4 atom stereocenters. The Morgan fingerprint density at radius 1 is 0.917 bits per heavy atom. The van der Waals surface area contributed by atoms with Gasteiger partial charge in [0.1, 0.15) is 19.4 Å². The highest BCUT2D eigenvalue weighted by molar-refractivity contribution is 5.78. The number of nitrogens with zero attached hydrogens (tertiary/aromatic N) is 2. The van der Waals surface area contributed by atoms with Crippen LogP contribution >= 0.6 is 0 Å². The second-order valence-electron chi connectivity index (χ2n) is 9.80. The molecule has 0 spiro atoms. The van der Waals surface area contributed by atoms with Gasteiger partial charge in [0.25, 0.3) is 0 Å². The van der Waals surface area contributed by atoms with Crippen molar-refractivity contribution in [3.8, 4) is 0 Å². The van der Waals surface area contributed by atoms with Crippen LogP contribution in [0.4, 0.5) is 0 Å². The molecule has 0 bridgehead atoms. The van der Waals surface area contributed by atoms with Crippen molar-refractivity contribution in [3.63, 3.8) is 0 Å². The number of hydrogen-bond donors (Lipinski definition) is 1. The average Bonchev–Trinajstić information content (AvgIpc) is 3.47.